The van der Waals surface area contributed by atoms with Crippen molar-refractivity contribution in [2.45, 2.75) is 46.0 Å². The standard InChI is InChI=1S/C14H21NO/c1-4-6-7-8-9-10-11-14(16)15-12-13(3)5-2/h1,13H,5,8-12H2,2-3H3,(H,15,16). The number of rotatable bonds is 7. The van der Waals surface area contributed by atoms with Crippen molar-refractivity contribution >= 4 is 5.91 Å². The Kier molecular flexibility index (Phi) is 9.23. The molecule has 88 valence electrons. The molecule has 0 radical (unpaired) electrons. The molecule has 2 heteroatoms. The number of terminal acetylenes is 1. The van der Waals surface area contributed by atoms with Crippen LogP contribution in [-0.2, 0) is 4.79 Å². The second kappa shape index (κ2) is 10.1. The number of hydrogen-bond acceptors (Lipinski definition) is 1. The summed E-state index contributed by atoms with van der Waals surface area (Å²) in [5.41, 5.74) is 0. The van der Waals surface area contributed by atoms with Gasteiger partial charge >= 0.3 is 0 Å². The van der Waals surface area contributed by atoms with Crippen molar-refractivity contribution in [2.24, 2.45) is 5.92 Å². The lowest BCUT2D eigenvalue weighted by Crippen LogP contribution is -2.27. The van der Waals surface area contributed by atoms with E-state index in [0.717, 1.165) is 32.2 Å². The Bertz CT molecular complexity index is 290. The van der Waals surface area contributed by atoms with Crippen LogP contribution in [0.25, 0.3) is 0 Å². The van der Waals surface area contributed by atoms with Crippen LogP contribution in [0.2, 0.25) is 0 Å². The lowest BCUT2D eigenvalue weighted by molar-refractivity contribution is -0.121. The van der Waals surface area contributed by atoms with E-state index in [9.17, 15) is 4.79 Å². The summed E-state index contributed by atoms with van der Waals surface area (Å²) >= 11 is 0. The SMILES string of the molecule is C#CC#CCCCCC(=O)NCC(C)CC. The maximum Gasteiger partial charge on any atom is 0.220 e. The van der Waals surface area contributed by atoms with Crippen LogP contribution in [0, 0.1) is 30.1 Å². The quantitative estimate of drug-likeness (QED) is 0.517. The van der Waals surface area contributed by atoms with Gasteiger partial charge in [0, 0.05) is 19.4 Å². The average Bonchev–Trinajstić information content (AvgIpc) is 2.30. The predicted molar refractivity (Wildman–Crippen MR) is 67.5 cm³/mol. The summed E-state index contributed by atoms with van der Waals surface area (Å²) in [7, 11) is 0. The lowest BCUT2D eigenvalue weighted by atomic mass is 10.1. The van der Waals surface area contributed by atoms with Gasteiger partial charge in [0.25, 0.3) is 0 Å². The van der Waals surface area contributed by atoms with E-state index < -0.39 is 0 Å². The number of unbranched alkanes of at least 4 members (excludes halogenated alkanes) is 2. The minimum absolute atomic E-state index is 0.144. The van der Waals surface area contributed by atoms with Crippen LogP contribution in [0.15, 0.2) is 0 Å². The molecule has 0 spiro atoms. The third-order valence-corrected chi connectivity index (χ3v) is 2.46. The second-order valence-electron chi connectivity index (χ2n) is 3.97. The normalized spacial score (nSPS) is 10.8. The van der Waals surface area contributed by atoms with Gasteiger partial charge in [0.05, 0.1) is 0 Å². The van der Waals surface area contributed by atoms with E-state index in [4.69, 9.17) is 6.42 Å². The minimum atomic E-state index is 0.144. The van der Waals surface area contributed by atoms with Crippen LogP contribution in [0.4, 0.5) is 0 Å². The van der Waals surface area contributed by atoms with Gasteiger partial charge in [-0.25, -0.2) is 0 Å². The van der Waals surface area contributed by atoms with Crippen molar-refractivity contribution in [2.75, 3.05) is 6.54 Å². The summed E-state index contributed by atoms with van der Waals surface area (Å²) in [5.74, 6) is 8.38. The Balaban J connectivity index is 3.41. The minimum Gasteiger partial charge on any atom is -0.356 e. The third kappa shape index (κ3) is 9.16. The van der Waals surface area contributed by atoms with E-state index in [1.54, 1.807) is 0 Å². The highest BCUT2D eigenvalue weighted by molar-refractivity contribution is 5.75. The van der Waals surface area contributed by atoms with Gasteiger partial charge in [-0.3, -0.25) is 4.79 Å². The molecule has 0 rings (SSSR count). The lowest BCUT2D eigenvalue weighted by Gasteiger charge is -2.09. The van der Waals surface area contributed by atoms with Crippen LogP contribution >= 0.6 is 0 Å². The fourth-order valence-electron chi connectivity index (χ4n) is 1.13. The summed E-state index contributed by atoms with van der Waals surface area (Å²) in [5, 5.41) is 2.93. The molecule has 0 aliphatic carbocycles. The Morgan fingerprint density at radius 2 is 2.19 bits per heavy atom. The van der Waals surface area contributed by atoms with E-state index in [1.807, 2.05) is 0 Å². The van der Waals surface area contributed by atoms with E-state index in [0.29, 0.717) is 12.3 Å². The molecule has 2 nitrogen and oxygen atoms in total. The van der Waals surface area contributed by atoms with Gasteiger partial charge in [-0.1, -0.05) is 26.2 Å². The summed E-state index contributed by atoms with van der Waals surface area (Å²) in [6.07, 6.45) is 9.27. The number of amides is 1. The molecule has 0 saturated heterocycles. The summed E-state index contributed by atoms with van der Waals surface area (Å²) in [4.78, 5) is 11.4. The van der Waals surface area contributed by atoms with Crippen LogP contribution in [0.3, 0.4) is 0 Å². The molecule has 0 saturated carbocycles. The molecule has 16 heavy (non-hydrogen) atoms. The first-order chi connectivity index (χ1) is 7.70. The molecule has 0 heterocycles. The molecule has 1 N–H and O–H groups in total. The number of carbonyl (C=O) groups is 1. The number of carbonyl (C=O) groups excluding carboxylic acids is 1. The van der Waals surface area contributed by atoms with Gasteiger partial charge in [-0.2, -0.15) is 0 Å². The van der Waals surface area contributed by atoms with Gasteiger partial charge in [0.1, 0.15) is 0 Å². The Labute approximate surface area is 99.2 Å². The Morgan fingerprint density at radius 3 is 2.81 bits per heavy atom. The first-order valence-electron chi connectivity index (χ1n) is 5.90. The molecular weight excluding hydrogens is 198 g/mol. The molecule has 0 aliphatic rings. The average molecular weight is 219 g/mol. The second-order valence-corrected chi connectivity index (χ2v) is 3.97. The first-order valence-corrected chi connectivity index (χ1v) is 5.90. The maximum absolute atomic E-state index is 11.4. The van der Waals surface area contributed by atoms with Gasteiger partial charge in [-0.05, 0) is 30.6 Å². The van der Waals surface area contributed by atoms with Gasteiger partial charge in [-0.15, -0.1) is 6.42 Å². The summed E-state index contributed by atoms with van der Waals surface area (Å²) in [6, 6.07) is 0. The monoisotopic (exact) mass is 219 g/mol. The molecule has 1 amide bonds. The largest absolute Gasteiger partial charge is 0.356 e. The fourth-order valence-corrected chi connectivity index (χ4v) is 1.13. The molecule has 1 atom stereocenters. The van der Waals surface area contributed by atoms with Crippen molar-refractivity contribution in [1.29, 1.82) is 0 Å². The summed E-state index contributed by atoms with van der Waals surface area (Å²) in [6.45, 7) is 5.04. The number of nitrogens with one attached hydrogen (secondary N) is 1. The van der Waals surface area contributed by atoms with Crippen molar-refractivity contribution < 1.29 is 4.79 Å². The van der Waals surface area contributed by atoms with E-state index >= 15 is 0 Å². The molecule has 0 fully saturated rings. The van der Waals surface area contributed by atoms with Crippen molar-refractivity contribution in [1.82, 2.24) is 5.32 Å². The highest BCUT2D eigenvalue weighted by atomic mass is 16.1. The summed E-state index contributed by atoms with van der Waals surface area (Å²) < 4.78 is 0. The molecule has 0 aromatic carbocycles. The molecule has 0 aromatic heterocycles. The molecule has 0 aromatic rings. The zero-order valence-electron chi connectivity index (χ0n) is 10.3. The van der Waals surface area contributed by atoms with Gasteiger partial charge in [0.2, 0.25) is 5.91 Å². The topological polar surface area (TPSA) is 29.1 Å². The first kappa shape index (κ1) is 14.6. The zero-order chi connectivity index (χ0) is 12.2. The predicted octanol–water partition coefficient (Wildman–Crippen LogP) is 2.35. The molecular formula is C14H21NO. The zero-order valence-corrected chi connectivity index (χ0v) is 10.3. The van der Waals surface area contributed by atoms with Crippen LogP contribution in [-0.4, -0.2) is 12.5 Å². The maximum atomic E-state index is 11.4. The van der Waals surface area contributed by atoms with Crippen molar-refractivity contribution in [3.8, 4) is 24.2 Å². The highest BCUT2D eigenvalue weighted by Crippen LogP contribution is 2.00. The molecule has 0 bridgehead atoms. The van der Waals surface area contributed by atoms with E-state index in [-0.39, 0.29) is 5.91 Å². The van der Waals surface area contributed by atoms with Gasteiger partial charge < -0.3 is 5.32 Å². The van der Waals surface area contributed by atoms with Crippen LogP contribution < -0.4 is 5.32 Å². The van der Waals surface area contributed by atoms with Crippen LogP contribution in [0.1, 0.15) is 46.0 Å². The van der Waals surface area contributed by atoms with E-state index in [1.165, 1.54) is 0 Å². The third-order valence-electron chi connectivity index (χ3n) is 2.46. The van der Waals surface area contributed by atoms with E-state index in [2.05, 4.69) is 36.9 Å². The van der Waals surface area contributed by atoms with Crippen molar-refractivity contribution in [3.05, 3.63) is 0 Å². The fraction of sp³-hybridized carbons (Fsp3) is 0.643. The Morgan fingerprint density at radius 1 is 1.44 bits per heavy atom. The highest BCUT2D eigenvalue weighted by Gasteiger charge is 2.02. The van der Waals surface area contributed by atoms with Gasteiger partial charge in [0.15, 0.2) is 0 Å². The Hall–Kier alpha value is -1.41. The molecule has 1 unspecified atom stereocenters. The van der Waals surface area contributed by atoms with Crippen molar-refractivity contribution in [3.63, 3.8) is 0 Å². The van der Waals surface area contributed by atoms with Crippen LogP contribution in [0.5, 0.6) is 0 Å². The smallest absolute Gasteiger partial charge is 0.220 e. The number of hydrogen-bond donors (Lipinski definition) is 1. The molecule has 0 aliphatic heterocycles.